The van der Waals surface area contributed by atoms with E-state index in [9.17, 15) is 27.6 Å². The van der Waals surface area contributed by atoms with E-state index in [1.54, 1.807) is 19.6 Å². The third-order valence-corrected chi connectivity index (χ3v) is 3.48. The molecule has 0 spiro atoms. The quantitative estimate of drug-likeness (QED) is 0.495. The molecule has 7 nitrogen and oxygen atoms in total. The van der Waals surface area contributed by atoms with Crippen molar-refractivity contribution in [2.75, 3.05) is 0 Å². The predicted molar refractivity (Wildman–Crippen MR) is 88.7 cm³/mol. The van der Waals surface area contributed by atoms with Gasteiger partial charge in [0.15, 0.2) is 20.5 Å². The fourth-order valence-corrected chi connectivity index (χ4v) is 2.71. The number of carbonyl (C=O) groups excluding carboxylic acids is 3. The maximum atomic E-state index is 12.6. The maximum absolute atomic E-state index is 12.6. The van der Waals surface area contributed by atoms with Crippen molar-refractivity contribution in [2.45, 2.75) is 77.9 Å². The van der Waals surface area contributed by atoms with Gasteiger partial charge in [-0.1, -0.05) is 0 Å². The first-order valence-electron chi connectivity index (χ1n) is 8.01. The SMILES string of the molecule is CC(C)OC(=O)C(NC(=O)C(F)(F)F)C(O[Si](C)(C)C)C(=O)OC(C)C. The number of ether oxygens (including phenoxy) is 2. The third kappa shape index (κ3) is 9.18. The minimum absolute atomic E-state index is 0.602. The average molecular weight is 401 g/mol. The molecule has 152 valence electrons. The molecule has 2 atom stereocenters. The fraction of sp³-hybridized carbons (Fsp3) is 0.800. The van der Waals surface area contributed by atoms with Gasteiger partial charge in [-0.25, -0.2) is 9.59 Å². The summed E-state index contributed by atoms with van der Waals surface area (Å²) in [5, 5.41) is 1.50. The Morgan fingerprint density at radius 2 is 1.31 bits per heavy atom. The van der Waals surface area contributed by atoms with Crippen molar-refractivity contribution in [3.05, 3.63) is 0 Å². The van der Waals surface area contributed by atoms with E-state index in [1.807, 2.05) is 0 Å². The van der Waals surface area contributed by atoms with Gasteiger partial charge in [-0.15, -0.1) is 0 Å². The smallest absolute Gasteiger partial charge is 0.461 e. The molecule has 0 heterocycles. The topological polar surface area (TPSA) is 90.9 Å². The summed E-state index contributed by atoms with van der Waals surface area (Å²) in [5.74, 6) is -4.66. The maximum Gasteiger partial charge on any atom is 0.471 e. The van der Waals surface area contributed by atoms with Crippen LogP contribution >= 0.6 is 0 Å². The van der Waals surface area contributed by atoms with Crippen molar-refractivity contribution < 1.29 is 41.5 Å². The van der Waals surface area contributed by atoms with Gasteiger partial charge in [-0.3, -0.25) is 4.79 Å². The first-order valence-corrected chi connectivity index (χ1v) is 11.4. The zero-order valence-electron chi connectivity index (χ0n) is 15.9. The number of carbonyl (C=O) groups is 3. The minimum atomic E-state index is -5.25. The van der Waals surface area contributed by atoms with E-state index in [-0.39, 0.29) is 0 Å². The van der Waals surface area contributed by atoms with Crippen molar-refractivity contribution in [3.8, 4) is 0 Å². The van der Waals surface area contributed by atoms with Crippen molar-refractivity contribution in [3.63, 3.8) is 0 Å². The number of amides is 1. The first-order chi connectivity index (χ1) is 11.5. The van der Waals surface area contributed by atoms with Crippen molar-refractivity contribution >= 4 is 26.2 Å². The van der Waals surface area contributed by atoms with E-state index in [0.29, 0.717) is 0 Å². The number of alkyl halides is 3. The number of halogens is 3. The zero-order valence-corrected chi connectivity index (χ0v) is 16.9. The Morgan fingerprint density at radius 3 is 1.65 bits per heavy atom. The highest BCUT2D eigenvalue weighted by molar-refractivity contribution is 6.69. The zero-order chi connectivity index (χ0) is 20.9. The lowest BCUT2D eigenvalue weighted by Crippen LogP contribution is -2.58. The second-order valence-corrected chi connectivity index (χ2v) is 11.5. The highest BCUT2D eigenvalue weighted by Gasteiger charge is 2.47. The van der Waals surface area contributed by atoms with Gasteiger partial charge >= 0.3 is 24.0 Å². The molecule has 1 N–H and O–H groups in total. The molecule has 0 aromatic carbocycles. The lowest BCUT2D eigenvalue weighted by Gasteiger charge is -2.31. The molecule has 0 aliphatic carbocycles. The van der Waals surface area contributed by atoms with Crippen LogP contribution in [0.2, 0.25) is 19.6 Å². The Hall–Kier alpha value is -1.62. The molecule has 2 unspecified atom stereocenters. The van der Waals surface area contributed by atoms with Crippen LogP contribution in [0.25, 0.3) is 0 Å². The number of hydrogen-bond acceptors (Lipinski definition) is 6. The molecule has 0 bridgehead atoms. The monoisotopic (exact) mass is 401 g/mol. The first kappa shape index (κ1) is 24.4. The van der Waals surface area contributed by atoms with Gasteiger partial charge in [0, 0.05) is 0 Å². The molecule has 0 aliphatic rings. The van der Waals surface area contributed by atoms with Gasteiger partial charge in [0.1, 0.15) is 0 Å². The van der Waals surface area contributed by atoms with E-state index in [1.165, 1.54) is 33.0 Å². The van der Waals surface area contributed by atoms with Crippen LogP contribution in [0.4, 0.5) is 13.2 Å². The van der Waals surface area contributed by atoms with Gasteiger partial charge in [0.05, 0.1) is 12.2 Å². The fourth-order valence-electron chi connectivity index (χ4n) is 1.72. The van der Waals surface area contributed by atoms with E-state index in [2.05, 4.69) is 0 Å². The molecular weight excluding hydrogens is 375 g/mol. The number of rotatable bonds is 8. The molecule has 0 saturated carbocycles. The summed E-state index contributed by atoms with van der Waals surface area (Å²) < 4.78 is 53.3. The highest BCUT2D eigenvalue weighted by Crippen LogP contribution is 2.19. The standard InChI is InChI=1S/C15H26F3NO6Si/c1-8(2)23-12(20)10(19-14(22)15(16,17)18)11(25-26(5,6)7)13(21)24-9(3)4/h8-11H,1-7H3,(H,19,22). The van der Waals surface area contributed by atoms with Crippen LogP contribution < -0.4 is 5.32 Å². The molecule has 0 rings (SSSR count). The van der Waals surface area contributed by atoms with E-state index in [0.717, 1.165) is 0 Å². The highest BCUT2D eigenvalue weighted by atomic mass is 28.4. The molecule has 26 heavy (non-hydrogen) atoms. The van der Waals surface area contributed by atoms with E-state index in [4.69, 9.17) is 13.9 Å². The van der Waals surface area contributed by atoms with Crippen LogP contribution in [0.5, 0.6) is 0 Å². The average Bonchev–Trinajstić information content (AvgIpc) is 2.38. The van der Waals surface area contributed by atoms with Crippen molar-refractivity contribution in [2.24, 2.45) is 0 Å². The minimum Gasteiger partial charge on any atom is -0.461 e. The lowest BCUT2D eigenvalue weighted by molar-refractivity contribution is -0.180. The summed E-state index contributed by atoms with van der Waals surface area (Å²) in [6.07, 6.45) is -8.29. The summed E-state index contributed by atoms with van der Waals surface area (Å²) >= 11 is 0. The van der Waals surface area contributed by atoms with E-state index < -0.39 is 56.7 Å². The van der Waals surface area contributed by atoms with Crippen LogP contribution in [-0.4, -0.2) is 56.7 Å². The Kier molecular flexibility index (Phi) is 8.77. The summed E-state index contributed by atoms with van der Waals surface area (Å²) in [6, 6.07) is -2.00. The molecule has 0 aromatic heterocycles. The molecule has 0 aromatic rings. The second kappa shape index (κ2) is 9.35. The van der Waals surface area contributed by atoms with Crippen molar-refractivity contribution in [1.82, 2.24) is 5.32 Å². The summed E-state index contributed by atoms with van der Waals surface area (Å²) in [5.41, 5.74) is 0. The molecular formula is C15H26F3NO6Si. The summed E-state index contributed by atoms with van der Waals surface area (Å²) in [6.45, 7) is 11.0. The van der Waals surface area contributed by atoms with Gasteiger partial charge in [0.2, 0.25) is 0 Å². The van der Waals surface area contributed by atoms with Crippen LogP contribution in [0.15, 0.2) is 0 Å². The van der Waals surface area contributed by atoms with Crippen LogP contribution in [0, 0.1) is 0 Å². The van der Waals surface area contributed by atoms with Gasteiger partial charge < -0.3 is 19.2 Å². The van der Waals surface area contributed by atoms with Crippen LogP contribution in [0.3, 0.4) is 0 Å². The Morgan fingerprint density at radius 1 is 0.885 bits per heavy atom. The Balaban J connectivity index is 5.84. The molecule has 0 saturated heterocycles. The summed E-state index contributed by atoms with van der Waals surface area (Å²) in [7, 11) is -2.52. The number of nitrogens with one attached hydrogen (secondary N) is 1. The lowest BCUT2D eigenvalue weighted by atomic mass is 10.1. The van der Waals surface area contributed by atoms with Gasteiger partial charge in [0.25, 0.3) is 0 Å². The molecule has 0 fully saturated rings. The van der Waals surface area contributed by atoms with Crippen LogP contribution in [0.1, 0.15) is 27.7 Å². The predicted octanol–water partition coefficient (Wildman–Crippen LogP) is 2.16. The Labute approximate surface area is 151 Å². The Bertz CT molecular complexity index is 516. The summed E-state index contributed by atoms with van der Waals surface area (Å²) in [4.78, 5) is 35.9. The largest absolute Gasteiger partial charge is 0.471 e. The molecule has 11 heteroatoms. The molecule has 0 aliphatic heterocycles. The number of hydrogen-bond donors (Lipinski definition) is 1. The van der Waals surface area contributed by atoms with Gasteiger partial charge in [-0.05, 0) is 47.3 Å². The van der Waals surface area contributed by atoms with E-state index >= 15 is 0 Å². The second-order valence-electron chi connectivity index (χ2n) is 7.07. The van der Waals surface area contributed by atoms with Crippen LogP contribution in [-0.2, 0) is 28.3 Å². The van der Waals surface area contributed by atoms with Crippen molar-refractivity contribution in [1.29, 1.82) is 0 Å². The van der Waals surface area contributed by atoms with Gasteiger partial charge in [-0.2, -0.15) is 13.2 Å². The number of esters is 2. The molecule has 0 radical (unpaired) electrons. The molecule has 1 amide bonds. The third-order valence-electron chi connectivity index (χ3n) is 2.52. The normalized spacial score (nSPS) is 14.8.